The first-order chi connectivity index (χ1) is 21.0. The van der Waals surface area contributed by atoms with Gasteiger partial charge in [0.05, 0.1) is 76.9 Å². The lowest BCUT2D eigenvalue weighted by Crippen LogP contribution is -2.63. The molecule has 9 heteroatoms. The second kappa shape index (κ2) is 15.3. The minimum atomic E-state index is -1.92. The molecule has 44 heavy (non-hydrogen) atoms. The summed E-state index contributed by atoms with van der Waals surface area (Å²) in [7, 11) is 3.08. The zero-order chi connectivity index (χ0) is 31.8. The molecule has 0 bridgehead atoms. The van der Waals surface area contributed by atoms with Gasteiger partial charge in [0, 0.05) is 6.42 Å². The smallest absolute Gasteiger partial charge is 0.184 e. The highest BCUT2D eigenvalue weighted by atomic mass is 28.4. The summed E-state index contributed by atoms with van der Waals surface area (Å²) in [5.41, 5.74) is 1.05. The lowest BCUT2D eigenvalue weighted by molar-refractivity contribution is -0.267. The normalized spacial score (nSPS) is 29.2. The lowest BCUT2D eigenvalue weighted by atomic mass is 9.77. The van der Waals surface area contributed by atoms with Crippen LogP contribution in [0.15, 0.2) is 60.9 Å². The molecular weight excluding hydrogens is 576 g/mol. The molecule has 0 unspecified atom stereocenters. The van der Waals surface area contributed by atoms with Crippen LogP contribution in [0, 0.1) is 0 Å². The Morgan fingerprint density at radius 1 is 0.864 bits per heavy atom. The van der Waals surface area contributed by atoms with Crippen molar-refractivity contribution in [3.8, 4) is 11.5 Å². The Bertz CT molecular complexity index is 1180. The average molecular weight is 629 g/mol. The molecule has 2 heterocycles. The summed E-state index contributed by atoms with van der Waals surface area (Å²) >= 11 is 0. The first-order valence-electron chi connectivity index (χ1n) is 15.6. The van der Waals surface area contributed by atoms with Gasteiger partial charge >= 0.3 is 0 Å². The fourth-order valence-electron chi connectivity index (χ4n) is 6.48. The van der Waals surface area contributed by atoms with Gasteiger partial charge in [0.25, 0.3) is 0 Å². The maximum absolute atomic E-state index is 7.08. The van der Waals surface area contributed by atoms with Crippen molar-refractivity contribution in [1.29, 1.82) is 0 Å². The van der Waals surface area contributed by atoms with Crippen molar-refractivity contribution in [2.75, 3.05) is 27.9 Å². The standard InChI is InChI=1S/C35H52O8Si/c1-34-25-35(2,43-44(6,7)8)32(10-9-21-36-3)41-33(34)20-19-30(40-23-27-13-17-29(38-5)18-14-27)31(42-34)24-39-22-26-11-15-28(37-4)16-12-26/h9,11-18,21,30-33H,10,19-20,22-25H2,1-8H3/b21-9-/t30-,31+,32-,33+,34-,35+/m1/s1. The van der Waals surface area contributed by atoms with Crippen molar-refractivity contribution in [1.82, 2.24) is 0 Å². The predicted molar refractivity (Wildman–Crippen MR) is 174 cm³/mol. The Labute approximate surface area is 265 Å². The summed E-state index contributed by atoms with van der Waals surface area (Å²) in [6, 6.07) is 15.9. The van der Waals surface area contributed by atoms with Crippen molar-refractivity contribution in [3.63, 3.8) is 0 Å². The van der Waals surface area contributed by atoms with E-state index in [0.29, 0.717) is 32.7 Å². The van der Waals surface area contributed by atoms with Crippen molar-refractivity contribution in [2.24, 2.45) is 0 Å². The van der Waals surface area contributed by atoms with Crippen LogP contribution in [0.1, 0.15) is 50.7 Å². The summed E-state index contributed by atoms with van der Waals surface area (Å²) < 4.78 is 49.6. The van der Waals surface area contributed by atoms with Gasteiger partial charge in [-0.25, -0.2) is 0 Å². The topological polar surface area (TPSA) is 73.8 Å². The van der Waals surface area contributed by atoms with Gasteiger partial charge in [0.2, 0.25) is 0 Å². The SMILES string of the molecule is CO/C=C\C[C@H]1O[C@H]2CC[C@@H](OCc3ccc(OC)cc3)[C@H](COCc3ccc(OC)cc3)O[C@]2(C)C[C@]1(C)O[Si](C)(C)C. The van der Waals surface area contributed by atoms with Crippen LogP contribution in [0.25, 0.3) is 0 Å². The van der Waals surface area contributed by atoms with Gasteiger partial charge in [-0.2, -0.15) is 0 Å². The number of benzene rings is 2. The maximum atomic E-state index is 7.08. The van der Waals surface area contributed by atoms with Crippen molar-refractivity contribution in [2.45, 2.75) is 108 Å². The average Bonchev–Trinajstić information content (AvgIpc) is 3.11. The number of hydrogen-bond acceptors (Lipinski definition) is 8. The third-order valence-corrected chi connectivity index (χ3v) is 9.47. The minimum absolute atomic E-state index is 0.111. The van der Waals surface area contributed by atoms with Crippen LogP contribution >= 0.6 is 0 Å². The van der Waals surface area contributed by atoms with Gasteiger partial charge in [-0.15, -0.1) is 0 Å². The fourth-order valence-corrected chi connectivity index (χ4v) is 8.08. The molecule has 2 aromatic rings. The Hall–Kier alpha value is -2.40. The van der Waals surface area contributed by atoms with Gasteiger partial charge in [-0.05, 0) is 94.2 Å². The molecule has 0 amide bonds. The van der Waals surface area contributed by atoms with Gasteiger partial charge in [-0.3, -0.25) is 0 Å². The molecule has 2 aliphatic rings. The molecule has 0 radical (unpaired) electrons. The van der Waals surface area contributed by atoms with Crippen molar-refractivity contribution < 1.29 is 37.6 Å². The van der Waals surface area contributed by atoms with Crippen LogP contribution in [-0.4, -0.2) is 71.9 Å². The third-order valence-electron chi connectivity index (χ3n) is 8.40. The zero-order valence-corrected chi connectivity index (χ0v) is 28.8. The molecule has 0 aliphatic carbocycles. The lowest BCUT2D eigenvalue weighted by Gasteiger charge is -2.54. The van der Waals surface area contributed by atoms with Crippen molar-refractivity contribution >= 4 is 8.32 Å². The quantitative estimate of drug-likeness (QED) is 0.163. The van der Waals surface area contributed by atoms with E-state index in [4.69, 9.17) is 37.6 Å². The number of rotatable bonds is 14. The highest BCUT2D eigenvalue weighted by Crippen LogP contribution is 2.47. The Morgan fingerprint density at radius 2 is 1.48 bits per heavy atom. The maximum Gasteiger partial charge on any atom is 0.184 e. The predicted octanol–water partition coefficient (Wildman–Crippen LogP) is 7.06. The van der Waals surface area contributed by atoms with Crippen molar-refractivity contribution in [3.05, 3.63) is 72.0 Å². The Morgan fingerprint density at radius 3 is 2.05 bits per heavy atom. The first kappa shape index (κ1) is 34.5. The van der Waals surface area contributed by atoms with E-state index in [-0.39, 0.29) is 24.4 Å². The molecule has 2 fully saturated rings. The molecular formula is C35H52O8Si. The van der Waals surface area contributed by atoms with E-state index >= 15 is 0 Å². The first-order valence-corrected chi connectivity index (χ1v) is 19.0. The minimum Gasteiger partial charge on any atom is -0.505 e. The largest absolute Gasteiger partial charge is 0.505 e. The summed E-state index contributed by atoms with van der Waals surface area (Å²) in [5.74, 6) is 1.65. The van der Waals surface area contributed by atoms with Gasteiger partial charge in [0.15, 0.2) is 8.32 Å². The molecule has 0 aromatic heterocycles. The summed E-state index contributed by atoms with van der Waals surface area (Å²) in [6.07, 6.45) is 6.06. The number of ether oxygens (including phenoxy) is 7. The molecule has 0 spiro atoms. The van der Waals surface area contributed by atoms with E-state index in [1.807, 2.05) is 54.6 Å². The van der Waals surface area contributed by atoms with Crippen LogP contribution in [0.5, 0.6) is 11.5 Å². The van der Waals surface area contributed by atoms with E-state index in [1.165, 1.54) is 0 Å². The molecule has 2 aliphatic heterocycles. The molecule has 8 nitrogen and oxygen atoms in total. The zero-order valence-electron chi connectivity index (χ0n) is 27.8. The number of fused-ring (bicyclic) bond motifs is 1. The molecule has 2 aromatic carbocycles. The molecule has 4 rings (SSSR count). The summed E-state index contributed by atoms with van der Waals surface area (Å²) in [5, 5.41) is 0. The van der Waals surface area contributed by atoms with Crippen LogP contribution in [0.4, 0.5) is 0 Å². The highest BCUT2D eigenvalue weighted by Gasteiger charge is 2.56. The third kappa shape index (κ3) is 9.31. The van der Waals surface area contributed by atoms with Gasteiger partial charge in [-0.1, -0.05) is 24.3 Å². The molecule has 0 saturated carbocycles. The highest BCUT2D eigenvalue weighted by molar-refractivity contribution is 6.69. The molecule has 0 N–H and O–H groups in total. The second-order valence-corrected chi connectivity index (χ2v) is 17.7. The van der Waals surface area contributed by atoms with E-state index in [9.17, 15) is 0 Å². The molecule has 244 valence electrons. The van der Waals surface area contributed by atoms with Gasteiger partial charge < -0.3 is 37.6 Å². The van der Waals surface area contributed by atoms with Gasteiger partial charge in [0.1, 0.15) is 17.6 Å². The monoisotopic (exact) mass is 628 g/mol. The summed E-state index contributed by atoms with van der Waals surface area (Å²) in [6.45, 7) is 12.4. The van der Waals surface area contributed by atoms with E-state index in [1.54, 1.807) is 27.6 Å². The number of methoxy groups -OCH3 is 3. The second-order valence-electron chi connectivity index (χ2n) is 13.3. The van der Waals surface area contributed by atoms with Crippen LogP contribution in [0.3, 0.4) is 0 Å². The van der Waals surface area contributed by atoms with Crippen LogP contribution in [-0.2, 0) is 41.3 Å². The van der Waals surface area contributed by atoms with E-state index < -0.39 is 19.5 Å². The molecule has 2 saturated heterocycles. The fraction of sp³-hybridized carbons (Fsp3) is 0.600. The molecule has 6 atom stereocenters. The Kier molecular flexibility index (Phi) is 12.0. The van der Waals surface area contributed by atoms with Crippen LogP contribution in [0.2, 0.25) is 19.6 Å². The van der Waals surface area contributed by atoms with E-state index in [2.05, 4.69) is 33.5 Å². The Balaban J connectivity index is 1.54. The van der Waals surface area contributed by atoms with E-state index in [0.717, 1.165) is 35.5 Å². The summed E-state index contributed by atoms with van der Waals surface area (Å²) in [4.78, 5) is 0. The van der Waals surface area contributed by atoms with Crippen LogP contribution < -0.4 is 9.47 Å². The number of hydrogen-bond donors (Lipinski definition) is 0.